The second kappa shape index (κ2) is 30.9. The van der Waals surface area contributed by atoms with Gasteiger partial charge in [-0.2, -0.15) is 0 Å². The smallest absolute Gasteiger partial charge is 0.246 e. The Morgan fingerprint density at radius 1 is 0.630 bits per heavy atom. The average molecular weight is 1420 g/mol. The third kappa shape index (κ3) is 15.1. The first-order valence-electron chi connectivity index (χ1n) is 34.5. The Bertz CT molecular complexity index is 3120. The maximum atomic E-state index is 15.2. The van der Waals surface area contributed by atoms with E-state index in [0.29, 0.717) is 24.7 Å². The molecular formula is C63H94N12O25. The summed E-state index contributed by atoms with van der Waals surface area (Å²) < 4.78 is 43.0. The van der Waals surface area contributed by atoms with E-state index in [2.05, 4.69) is 47.2 Å². The molecule has 12 aliphatic rings. The quantitative estimate of drug-likeness (QED) is 0.0731. The lowest BCUT2D eigenvalue weighted by Gasteiger charge is -2.63. The number of nitrogens with zero attached hydrogens (tertiary/aromatic N) is 3. The molecule has 1 aromatic carbocycles. The van der Waals surface area contributed by atoms with Crippen LogP contribution in [0.25, 0.3) is 0 Å². The number of aliphatic hydroxyl groups is 12. The minimum Gasteiger partial charge on any atom is -0.462 e. The van der Waals surface area contributed by atoms with Crippen LogP contribution >= 0.6 is 0 Å². The van der Waals surface area contributed by atoms with Gasteiger partial charge in [0.05, 0.1) is 51.6 Å². The van der Waals surface area contributed by atoms with Gasteiger partial charge in [-0.15, -0.1) is 0 Å². The molecule has 0 radical (unpaired) electrons. The SMILES string of the molecule is NC1=N[C@H]([C@H](O)[C@@H]2NC(=O)[C@@H](Cc3ccc(O[C@H]4O[C@H](CO)[C@@H](O[C@H]5O[C@@H]6COC7(O[C@H]6[C@H](O)[C@@H]5O)C5CC6CC(C5)CC7C6)[C@H](O)[C@@H]4O)cc3)NC(=O)C(CC3CCCCC3)NC(=O)CNC(=O)[C@H](CO)NC(=O)[C@@H]([C@@H](O)[C@@H]3CN=C(N)N3[C@H]3O[C@H](CO)[C@@H](O)[C@H](O)[C@@H]3O)NC2=O)CN1. The lowest BCUT2D eigenvalue weighted by Crippen LogP contribution is -2.71. The van der Waals surface area contributed by atoms with Crippen LogP contribution in [0.1, 0.15) is 76.2 Å². The van der Waals surface area contributed by atoms with E-state index in [4.69, 9.17) is 44.6 Å². The molecule has 13 rings (SSSR count). The lowest BCUT2D eigenvalue weighted by atomic mass is 9.53. The molecule has 100 heavy (non-hydrogen) atoms. The molecule has 0 aromatic heterocycles. The largest absolute Gasteiger partial charge is 0.462 e. The van der Waals surface area contributed by atoms with Crippen LogP contribution in [0.4, 0.5) is 0 Å². The molecule has 556 valence electrons. The number of nitrogens with two attached hydrogens (primary N) is 2. The minimum absolute atomic E-state index is 0.00915. The number of ether oxygens (including phenoxy) is 7. The second-order valence-electron chi connectivity index (χ2n) is 28.4. The minimum atomic E-state index is -2.32. The van der Waals surface area contributed by atoms with Gasteiger partial charge in [-0.25, -0.2) is 4.99 Å². The van der Waals surface area contributed by atoms with Crippen molar-refractivity contribution in [2.75, 3.05) is 46.1 Å². The van der Waals surface area contributed by atoms with Gasteiger partial charge >= 0.3 is 0 Å². The number of aliphatic imine (C=N–C) groups is 2. The molecule has 10 fully saturated rings. The summed E-state index contributed by atoms with van der Waals surface area (Å²) in [5.74, 6) is -7.12. The van der Waals surface area contributed by atoms with Crippen LogP contribution in [0.15, 0.2) is 34.3 Å². The van der Waals surface area contributed by atoms with Gasteiger partial charge in [0.2, 0.25) is 41.7 Å². The molecule has 5 aliphatic carbocycles. The zero-order valence-electron chi connectivity index (χ0n) is 54.7. The highest BCUT2D eigenvalue weighted by molar-refractivity contribution is 5.98. The molecule has 7 aliphatic heterocycles. The standard InChI is InChI=1S/C63H94N12O25/c64-61-67-17-33(72-61)42(80)40-57(93)74-41(43(81)35-18-68-62(65)75(35)58-48(86)45(83)44(82)36(21-77)96-58)56(92)71-34(20-76)53(89)66-19-39(79)69-31(15-24-4-2-1-3-5-24)54(90)70-32(55(91)73-40)16-25-6-8-30(9-7-25)95-59-49(87)46(84)51(37(22-78)97-59)99-60-50(88)47(85)52-38(98-60)23-94-63(100-52)28-11-26-10-27(13-28)14-29(63)12-26/h6-9,24,26-29,31-38,40-52,58-60,76-78,80-88H,1-5,10-23H2,(H2,65,68)(H,66,89)(H,69,79)(H,70,90)(H,71,92)(H,73,91)(H,74,93)(H3,64,67,72)/t26?,27?,28?,29?,31?,32-,33+,34+,35+,36-,37-,38-,40+,41-,42+,43+,44-,45+,46-,47-,48+,49+,50+,51-,52-,58+,59+,60-,63?/m1/s1. The monoisotopic (exact) mass is 1420 g/mol. The first kappa shape index (κ1) is 73.4. The Morgan fingerprint density at radius 2 is 1.27 bits per heavy atom. The maximum absolute atomic E-state index is 15.2. The molecule has 37 nitrogen and oxygen atoms in total. The van der Waals surface area contributed by atoms with E-state index in [0.717, 1.165) is 49.8 Å². The van der Waals surface area contributed by atoms with Gasteiger partial charge in [-0.1, -0.05) is 44.2 Å². The summed E-state index contributed by atoms with van der Waals surface area (Å²) in [6.45, 7) is -4.38. The third-order valence-electron chi connectivity index (χ3n) is 21.9. The van der Waals surface area contributed by atoms with E-state index in [9.17, 15) is 80.5 Å². The van der Waals surface area contributed by atoms with Crippen molar-refractivity contribution in [3.8, 4) is 5.75 Å². The van der Waals surface area contributed by atoms with Crippen molar-refractivity contribution >= 4 is 47.4 Å². The Kier molecular flexibility index (Phi) is 22.7. The molecular weight excluding hydrogens is 1320 g/mol. The van der Waals surface area contributed by atoms with Gasteiger partial charge in [-0.3, -0.25) is 33.8 Å². The molecule has 37 heteroatoms. The van der Waals surface area contributed by atoms with E-state index in [1.807, 2.05) is 0 Å². The van der Waals surface area contributed by atoms with Crippen LogP contribution < -0.4 is 53.4 Å². The van der Waals surface area contributed by atoms with Crippen LogP contribution in [0.5, 0.6) is 5.75 Å². The summed E-state index contributed by atoms with van der Waals surface area (Å²) in [7, 11) is 0. The highest BCUT2D eigenvalue weighted by Crippen LogP contribution is 2.61. The van der Waals surface area contributed by atoms with Crippen LogP contribution in [-0.4, -0.2) is 312 Å². The van der Waals surface area contributed by atoms with Crippen molar-refractivity contribution in [2.45, 2.75) is 229 Å². The molecule has 1 aromatic rings. The van der Waals surface area contributed by atoms with Crippen molar-refractivity contribution in [1.82, 2.24) is 42.1 Å². The van der Waals surface area contributed by atoms with Crippen LogP contribution in [0, 0.1) is 29.6 Å². The molecule has 5 saturated carbocycles. The van der Waals surface area contributed by atoms with Gasteiger partial charge in [0, 0.05) is 24.8 Å². The maximum Gasteiger partial charge on any atom is 0.246 e. The van der Waals surface area contributed by atoms with Gasteiger partial charge in [0.15, 0.2) is 30.2 Å². The van der Waals surface area contributed by atoms with Crippen molar-refractivity contribution in [3.05, 3.63) is 29.8 Å². The first-order chi connectivity index (χ1) is 47.9. The van der Waals surface area contributed by atoms with Crippen LogP contribution in [0.2, 0.25) is 0 Å². The number of guanidine groups is 2. The number of carbonyl (C=O) groups excluding carboxylic acids is 6. The van der Waals surface area contributed by atoms with Gasteiger partial charge in [0.1, 0.15) is 121 Å². The number of carbonyl (C=O) groups is 6. The van der Waals surface area contributed by atoms with Gasteiger partial charge in [-0.05, 0) is 74.0 Å². The van der Waals surface area contributed by atoms with Gasteiger partial charge in [0.25, 0.3) is 0 Å². The molecule has 23 N–H and O–H groups in total. The highest BCUT2D eigenvalue weighted by Gasteiger charge is 2.65. The number of nitrogens with one attached hydrogen (secondary N) is 7. The van der Waals surface area contributed by atoms with E-state index in [1.54, 1.807) is 0 Å². The fourth-order valence-corrected chi connectivity index (χ4v) is 16.7. The highest BCUT2D eigenvalue weighted by atomic mass is 16.8. The zero-order valence-corrected chi connectivity index (χ0v) is 54.7. The summed E-state index contributed by atoms with van der Waals surface area (Å²) in [6.07, 6.45) is -20.0. The molecule has 5 saturated heterocycles. The molecule has 4 bridgehead atoms. The Hall–Kier alpha value is -6.34. The molecule has 1 unspecified atom stereocenters. The Balaban J connectivity index is 0.779. The number of hydrogen-bond donors (Lipinski definition) is 21. The average Bonchev–Trinajstić information content (AvgIpc) is 0.861. The Labute approximate surface area is 573 Å². The first-order valence-corrected chi connectivity index (χ1v) is 34.5. The van der Waals surface area contributed by atoms with Crippen molar-refractivity contribution in [3.63, 3.8) is 0 Å². The van der Waals surface area contributed by atoms with Crippen molar-refractivity contribution < 1.29 is 123 Å². The van der Waals surface area contributed by atoms with Gasteiger partial charge < -0.3 is 148 Å². The predicted molar refractivity (Wildman–Crippen MR) is 337 cm³/mol. The number of fused-ring (bicyclic) bond motifs is 1. The van der Waals surface area contributed by atoms with E-state index in [1.165, 1.54) is 30.7 Å². The number of rotatable bonds is 16. The molecule has 6 amide bonds. The fourth-order valence-electron chi connectivity index (χ4n) is 16.7. The van der Waals surface area contributed by atoms with Crippen LogP contribution in [0.3, 0.4) is 0 Å². The fraction of sp³-hybridized carbons (Fsp3) is 0.778. The summed E-state index contributed by atoms with van der Waals surface area (Å²) >= 11 is 0. The predicted octanol–water partition coefficient (Wildman–Crippen LogP) is -10.2. The lowest BCUT2D eigenvalue weighted by molar-refractivity contribution is -0.437. The number of amides is 6. The van der Waals surface area contributed by atoms with E-state index >= 15 is 9.59 Å². The summed E-state index contributed by atoms with van der Waals surface area (Å²) in [5, 5.41) is 152. The van der Waals surface area contributed by atoms with E-state index in [-0.39, 0.29) is 54.6 Å². The number of hydrogen-bond acceptors (Lipinski definition) is 31. The topological polar surface area (TPSA) is 574 Å². The molecule has 1 spiro atoms. The second-order valence-corrected chi connectivity index (χ2v) is 28.4. The van der Waals surface area contributed by atoms with Crippen molar-refractivity contribution in [1.29, 1.82) is 0 Å². The summed E-state index contributed by atoms with van der Waals surface area (Å²) in [4.78, 5) is 96.4. The summed E-state index contributed by atoms with van der Waals surface area (Å²) in [6, 6.07) is -6.84. The van der Waals surface area contributed by atoms with E-state index < -0.39 is 233 Å². The zero-order chi connectivity index (χ0) is 71.2. The number of aliphatic hydroxyl groups excluding tert-OH is 12. The van der Waals surface area contributed by atoms with Crippen LogP contribution in [-0.2, 0) is 63.6 Å². The molecule has 7 heterocycles. The summed E-state index contributed by atoms with van der Waals surface area (Å²) in [5.41, 5.74) is 12.4. The third-order valence-corrected chi connectivity index (χ3v) is 21.9. The van der Waals surface area contributed by atoms with Crippen molar-refractivity contribution in [2.24, 2.45) is 51.0 Å². The Morgan fingerprint density at radius 3 is 1.93 bits per heavy atom. The molecule has 24 atom stereocenters. The number of benzene rings is 1. The normalized spacial score (nSPS) is 42.9.